The van der Waals surface area contributed by atoms with Gasteiger partial charge >= 0.3 is 0 Å². The van der Waals surface area contributed by atoms with Crippen molar-refractivity contribution < 1.29 is 17.0 Å². The number of nitrogens with two attached hydrogens (primary N) is 1. The van der Waals surface area contributed by atoms with Crippen LogP contribution in [-0.2, 0) is 27.5 Å². The number of rotatable bonds is 6. The van der Waals surface area contributed by atoms with E-state index in [1.807, 2.05) is 16.7 Å². The van der Waals surface area contributed by atoms with E-state index in [2.05, 4.69) is 19.9 Å². The van der Waals surface area contributed by atoms with Crippen molar-refractivity contribution in [2.24, 2.45) is 0 Å². The van der Waals surface area contributed by atoms with Gasteiger partial charge in [-0.3, -0.25) is 9.17 Å². The topological polar surface area (TPSA) is 126 Å². The maximum atomic E-state index is 13.8. The van der Waals surface area contributed by atoms with Gasteiger partial charge in [0.25, 0.3) is 10.1 Å². The highest BCUT2D eigenvalue weighted by molar-refractivity contribution is 7.85. The van der Waals surface area contributed by atoms with Gasteiger partial charge in [-0.2, -0.15) is 8.42 Å². The molecule has 0 aliphatic heterocycles. The summed E-state index contributed by atoms with van der Waals surface area (Å²) in [5.41, 5.74) is 9.07. The summed E-state index contributed by atoms with van der Waals surface area (Å²) < 4.78 is 42.8. The molecule has 0 radical (unpaired) electrons. The zero-order valence-corrected chi connectivity index (χ0v) is 17.6. The number of nitrogen functional groups attached to an aromatic ring is 1. The summed E-state index contributed by atoms with van der Waals surface area (Å²) in [6.07, 6.45) is 3.64. The van der Waals surface area contributed by atoms with Crippen molar-refractivity contribution >= 4 is 27.1 Å². The standard InChI is InChI=1S/C20H19FN6O3S/c1-12-24-18(22)17-20(25-12)27(19(26-17)15-7-16(21)9-23-8-15)10-13-3-5-14(6-4-13)11-30-31(2,28)29/h3-9H,10-11H2,1-2H3,(H2,22,24,25). The minimum Gasteiger partial charge on any atom is -0.382 e. The van der Waals surface area contributed by atoms with Crippen LogP contribution in [0, 0.1) is 12.7 Å². The monoisotopic (exact) mass is 442 g/mol. The predicted molar refractivity (Wildman–Crippen MR) is 113 cm³/mol. The first kappa shape index (κ1) is 20.8. The van der Waals surface area contributed by atoms with Crippen LogP contribution in [0.25, 0.3) is 22.6 Å². The van der Waals surface area contributed by atoms with Crippen LogP contribution < -0.4 is 5.73 Å². The molecule has 2 N–H and O–H groups in total. The van der Waals surface area contributed by atoms with Crippen LogP contribution in [0.5, 0.6) is 0 Å². The zero-order valence-electron chi connectivity index (χ0n) is 16.8. The minimum absolute atomic E-state index is 0.0454. The van der Waals surface area contributed by atoms with Crippen molar-refractivity contribution in [1.82, 2.24) is 24.5 Å². The van der Waals surface area contributed by atoms with Crippen molar-refractivity contribution in [2.45, 2.75) is 20.1 Å². The number of halogens is 1. The van der Waals surface area contributed by atoms with Gasteiger partial charge in [-0.15, -0.1) is 0 Å². The normalized spacial score (nSPS) is 11.8. The fourth-order valence-electron chi connectivity index (χ4n) is 3.14. The highest BCUT2D eigenvalue weighted by atomic mass is 32.2. The van der Waals surface area contributed by atoms with E-state index < -0.39 is 15.9 Å². The number of nitrogens with zero attached hydrogens (tertiary/aromatic N) is 5. The van der Waals surface area contributed by atoms with E-state index in [9.17, 15) is 12.8 Å². The number of anilines is 1. The Morgan fingerprint density at radius 2 is 1.81 bits per heavy atom. The van der Waals surface area contributed by atoms with Crippen molar-refractivity contribution in [1.29, 1.82) is 0 Å². The van der Waals surface area contributed by atoms with Crippen LogP contribution in [0.3, 0.4) is 0 Å². The Hall–Kier alpha value is -3.44. The van der Waals surface area contributed by atoms with E-state index >= 15 is 0 Å². The fraction of sp³-hybridized carbons (Fsp3) is 0.200. The molecule has 11 heteroatoms. The quantitative estimate of drug-likeness (QED) is 0.451. The van der Waals surface area contributed by atoms with Crippen LogP contribution in [0.15, 0.2) is 42.7 Å². The van der Waals surface area contributed by atoms with Crippen molar-refractivity contribution in [3.63, 3.8) is 0 Å². The Kier molecular flexibility index (Phi) is 5.38. The Bertz CT molecular complexity index is 1370. The lowest BCUT2D eigenvalue weighted by atomic mass is 10.1. The molecule has 9 nitrogen and oxygen atoms in total. The smallest absolute Gasteiger partial charge is 0.264 e. The van der Waals surface area contributed by atoms with Crippen molar-refractivity contribution in [3.05, 3.63) is 65.5 Å². The molecule has 0 amide bonds. The molecular weight excluding hydrogens is 423 g/mol. The summed E-state index contributed by atoms with van der Waals surface area (Å²) in [5, 5.41) is 0. The van der Waals surface area contributed by atoms with Gasteiger partial charge in [-0.25, -0.2) is 19.3 Å². The number of aromatic nitrogens is 5. The lowest BCUT2D eigenvalue weighted by molar-refractivity contribution is 0.311. The Morgan fingerprint density at radius 1 is 1.10 bits per heavy atom. The second-order valence-corrected chi connectivity index (χ2v) is 8.67. The second kappa shape index (κ2) is 8.00. The van der Waals surface area contributed by atoms with Gasteiger partial charge in [0.2, 0.25) is 0 Å². The molecule has 160 valence electrons. The summed E-state index contributed by atoms with van der Waals surface area (Å²) in [6.45, 7) is 2.05. The number of hydrogen-bond acceptors (Lipinski definition) is 8. The molecule has 0 fully saturated rings. The average Bonchev–Trinajstić information content (AvgIpc) is 3.05. The second-order valence-electron chi connectivity index (χ2n) is 7.02. The average molecular weight is 442 g/mol. The summed E-state index contributed by atoms with van der Waals surface area (Å²) in [4.78, 5) is 17.1. The molecule has 3 heterocycles. The lowest BCUT2D eigenvalue weighted by Crippen LogP contribution is -2.06. The summed E-state index contributed by atoms with van der Waals surface area (Å²) >= 11 is 0. The van der Waals surface area contributed by atoms with Crippen molar-refractivity contribution in [3.8, 4) is 11.4 Å². The van der Waals surface area contributed by atoms with Gasteiger partial charge in [-0.1, -0.05) is 24.3 Å². The van der Waals surface area contributed by atoms with E-state index in [1.54, 1.807) is 19.1 Å². The number of imidazole rings is 1. The predicted octanol–water partition coefficient (Wildman–Crippen LogP) is 2.44. The third-order valence-corrected chi connectivity index (χ3v) is 5.05. The number of aryl methyl sites for hydroxylation is 1. The van der Waals surface area contributed by atoms with Gasteiger partial charge in [-0.05, 0) is 24.1 Å². The number of hydrogen-bond donors (Lipinski definition) is 1. The van der Waals surface area contributed by atoms with E-state index in [4.69, 9.17) is 9.92 Å². The van der Waals surface area contributed by atoms with Gasteiger partial charge in [0.15, 0.2) is 17.0 Å². The van der Waals surface area contributed by atoms with E-state index in [0.717, 1.165) is 18.0 Å². The van der Waals surface area contributed by atoms with Gasteiger partial charge in [0.1, 0.15) is 17.5 Å². The van der Waals surface area contributed by atoms with Crippen molar-refractivity contribution in [2.75, 3.05) is 12.0 Å². The van der Waals surface area contributed by atoms with E-state index in [1.165, 1.54) is 12.3 Å². The molecule has 0 aliphatic carbocycles. The number of fused-ring (bicyclic) bond motifs is 1. The molecule has 0 saturated heterocycles. The van der Waals surface area contributed by atoms with Crippen LogP contribution in [0.2, 0.25) is 0 Å². The molecule has 0 saturated carbocycles. The maximum absolute atomic E-state index is 13.8. The van der Waals surface area contributed by atoms with Crippen LogP contribution in [-0.4, -0.2) is 39.2 Å². The van der Waals surface area contributed by atoms with Crippen LogP contribution in [0.1, 0.15) is 17.0 Å². The van der Waals surface area contributed by atoms with Crippen LogP contribution in [0.4, 0.5) is 10.2 Å². The van der Waals surface area contributed by atoms with Gasteiger partial charge in [0.05, 0.1) is 25.6 Å². The summed E-state index contributed by atoms with van der Waals surface area (Å²) in [7, 11) is -3.52. The Morgan fingerprint density at radius 3 is 2.48 bits per heavy atom. The molecule has 0 aliphatic rings. The summed E-state index contributed by atoms with van der Waals surface area (Å²) in [6, 6.07) is 8.58. The van der Waals surface area contributed by atoms with E-state index in [-0.39, 0.29) is 12.4 Å². The molecular formula is C20H19FN6O3S. The molecule has 0 unspecified atom stereocenters. The summed E-state index contributed by atoms with van der Waals surface area (Å²) in [5.74, 6) is 0.697. The molecule has 4 aromatic rings. The lowest BCUT2D eigenvalue weighted by Gasteiger charge is -2.10. The number of pyridine rings is 1. The molecule has 31 heavy (non-hydrogen) atoms. The highest BCUT2D eigenvalue weighted by Gasteiger charge is 2.18. The fourth-order valence-corrected chi connectivity index (χ4v) is 3.49. The Labute approximate surface area is 177 Å². The first-order chi connectivity index (χ1) is 14.7. The largest absolute Gasteiger partial charge is 0.382 e. The minimum atomic E-state index is -3.52. The maximum Gasteiger partial charge on any atom is 0.264 e. The molecule has 0 spiro atoms. The van der Waals surface area contributed by atoms with Crippen LogP contribution >= 0.6 is 0 Å². The van der Waals surface area contributed by atoms with E-state index in [0.29, 0.717) is 40.5 Å². The van der Waals surface area contributed by atoms with Gasteiger partial charge < -0.3 is 10.3 Å². The SMILES string of the molecule is Cc1nc(N)c2nc(-c3cncc(F)c3)n(Cc3ccc(COS(C)(=O)=O)cc3)c2n1. The van der Waals surface area contributed by atoms with Gasteiger partial charge in [0, 0.05) is 11.8 Å². The first-order valence-electron chi connectivity index (χ1n) is 9.23. The molecule has 0 bridgehead atoms. The molecule has 0 atom stereocenters. The first-order valence-corrected chi connectivity index (χ1v) is 11.0. The Balaban J connectivity index is 1.75. The molecule has 1 aromatic carbocycles. The third kappa shape index (κ3) is 4.67. The highest BCUT2D eigenvalue weighted by Crippen LogP contribution is 2.27. The molecule has 4 rings (SSSR count). The zero-order chi connectivity index (χ0) is 22.2. The number of benzene rings is 1. The third-order valence-electron chi connectivity index (χ3n) is 4.50. The molecule has 3 aromatic heterocycles.